The van der Waals surface area contributed by atoms with E-state index in [0.717, 1.165) is 45.9 Å². The van der Waals surface area contributed by atoms with Crippen LogP contribution in [-0.2, 0) is 29.0 Å². The van der Waals surface area contributed by atoms with Gasteiger partial charge in [-0.05, 0) is 53.4 Å². The Labute approximate surface area is 240 Å². The quantitative estimate of drug-likeness (QED) is 0.226. The zero-order chi connectivity index (χ0) is 28.0. The first-order valence-corrected chi connectivity index (χ1v) is 14.1. The molecule has 1 aliphatic rings. The molecule has 0 aliphatic carbocycles. The molecule has 1 aliphatic heterocycles. The first-order valence-electron chi connectivity index (χ1n) is 14.1. The largest absolute Gasteiger partial charge is 0.461 e. The molecule has 2 amide bonds. The standard InChI is InChI=1S/C36H32N2O3/c39-34(21-16-26-10-4-1-5-11-26)38-23-22-32-30(25-38)24-33(41-32)27-17-19-31(20-18-27)37-36(40)35(28-12-6-2-7-13-28)29-14-8-3-9-15-29/h1-15,17-20,24,35H,16,21-23,25H2,(H,37,40). The van der Waals surface area contributed by atoms with Crippen molar-refractivity contribution in [1.29, 1.82) is 0 Å². The van der Waals surface area contributed by atoms with Crippen molar-refractivity contribution in [3.05, 3.63) is 149 Å². The Morgan fingerprint density at radius 3 is 2.02 bits per heavy atom. The lowest BCUT2D eigenvalue weighted by atomic mass is 9.90. The Bertz CT molecular complexity index is 1570. The number of aryl methyl sites for hydroxylation is 1. The zero-order valence-electron chi connectivity index (χ0n) is 22.8. The summed E-state index contributed by atoms with van der Waals surface area (Å²) < 4.78 is 6.20. The number of amides is 2. The van der Waals surface area contributed by atoms with Crippen LogP contribution in [0.3, 0.4) is 0 Å². The van der Waals surface area contributed by atoms with Crippen molar-refractivity contribution in [1.82, 2.24) is 4.90 Å². The molecule has 0 radical (unpaired) electrons. The van der Waals surface area contributed by atoms with Gasteiger partial charge >= 0.3 is 0 Å². The van der Waals surface area contributed by atoms with Gasteiger partial charge in [0.2, 0.25) is 11.8 Å². The van der Waals surface area contributed by atoms with Crippen LogP contribution in [0.5, 0.6) is 0 Å². The lowest BCUT2D eigenvalue weighted by Gasteiger charge is -2.26. The van der Waals surface area contributed by atoms with Gasteiger partial charge in [-0.1, -0.05) is 91.0 Å². The Hall–Kier alpha value is -4.90. The molecular weight excluding hydrogens is 508 g/mol. The summed E-state index contributed by atoms with van der Waals surface area (Å²) in [6.45, 7) is 1.24. The van der Waals surface area contributed by atoms with Gasteiger partial charge in [0.1, 0.15) is 11.5 Å². The molecule has 1 N–H and O–H groups in total. The molecule has 0 bridgehead atoms. The van der Waals surface area contributed by atoms with Crippen LogP contribution in [0.4, 0.5) is 5.69 Å². The summed E-state index contributed by atoms with van der Waals surface area (Å²) in [5, 5.41) is 3.09. The summed E-state index contributed by atoms with van der Waals surface area (Å²) in [6.07, 6.45) is 1.97. The van der Waals surface area contributed by atoms with Gasteiger partial charge in [-0.2, -0.15) is 0 Å². The molecule has 5 aromatic rings. The number of hydrogen-bond donors (Lipinski definition) is 1. The van der Waals surface area contributed by atoms with E-state index in [4.69, 9.17) is 4.42 Å². The molecule has 5 heteroatoms. The minimum atomic E-state index is -0.410. The van der Waals surface area contributed by atoms with E-state index in [0.29, 0.717) is 25.9 Å². The van der Waals surface area contributed by atoms with E-state index in [1.807, 2.05) is 114 Å². The van der Waals surface area contributed by atoms with Crippen molar-refractivity contribution in [3.63, 3.8) is 0 Å². The summed E-state index contributed by atoms with van der Waals surface area (Å²) in [6, 6.07) is 39.6. The Morgan fingerprint density at radius 2 is 1.39 bits per heavy atom. The molecule has 0 unspecified atom stereocenters. The predicted octanol–water partition coefficient (Wildman–Crippen LogP) is 7.23. The Balaban J connectivity index is 1.11. The van der Waals surface area contributed by atoms with E-state index in [1.165, 1.54) is 5.56 Å². The molecular formula is C36H32N2O3. The van der Waals surface area contributed by atoms with Crippen molar-refractivity contribution < 1.29 is 14.0 Å². The van der Waals surface area contributed by atoms with Crippen molar-refractivity contribution in [2.75, 3.05) is 11.9 Å². The van der Waals surface area contributed by atoms with Gasteiger partial charge in [0.15, 0.2) is 0 Å². The third-order valence-corrected chi connectivity index (χ3v) is 7.65. The van der Waals surface area contributed by atoms with Gasteiger partial charge in [-0.25, -0.2) is 0 Å². The number of hydrogen-bond acceptors (Lipinski definition) is 3. The third kappa shape index (κ3) is 6.15. The first kappa shape index (κ1) is 26.3. The molecule has 0 spiro atoms. The van der Waals surface area contributed by atoms with Crippen LogP contribution < -0.4 is 5.32 Å². The Morgan fingerprint density at radius 1 is 0.780 bits per heavy atom. The van der Waals surface area contributed by atoms with Gasteiger partial charge < -0.3 is 14.6 Å². The molecule has 204 valence electrons. The molecule has 0 saturated carbocycles. The van der Waals surface area contributed by atoms with Crippen LogP contribution in [-0.4, -0.2) is 23.3 Å². The molecule has 41 heavy (non-hydrogen) atoms. The topological polar surface area (TPSA) is 62.6 Å². The zero-order valence-corrected chi connectivity index (χ0v) is 22.8. The van der Waals surface area contributed by atoms with Gasteiger partial charge in [0, 0.05) is 42.7 Å². The van der Waals surface area contributed by atoms with Crippen LogP contribution in [0.1, 0.15) is 40.4 Å². The normalized spacial score (nSPS) is 12.7. The van der Waals surface area contributed by atoms with Crippen LogP contribution >= 0.6 is 0 Å². The number of furan rings is 1. The van der Waals surface area contributed by atoms with Crippen molar-refractivity contribution >= 4 is 17.5 Å². The molecule has 2 heterocycles. The smallest absolute Gasteiger partial charge is 0.236 e. The van der Waals surface area contributed by atoms with E-state index in [9.17, 15) is 9.59 Å². The maximum atomic E-state index is 13.5. The summed E-state index contributed by atoms with van der Waals surface area (Å²) in [7, 11) is 0. The number of rotatable bonds is 8. The van der Waals surface area contributed by atoms with E-state index >= 15 is 0 Å². The summed E-state index contributed by atoms with van der Waals surface area (Å²) in [5.41, 5.74) is 5.79. The van der Waals surface area contributed by atoms with Crippen LogP contribution in [0.15, 0.2) is 126 Å². The summed E-state index contributed by atoms with van der Waals surface area (Å²) in [5.74, 6) is 1.40. The maximum Gasteiger partial charge on any atom is 0.236 e. The highest BCUT2D eigenvalue weighted by atomic mass is 16.3. The van der Waals surface area contributed by atoms with Crippen LogP contribution in [0.2, 0.25) is 0 Å². The minimum Gasteiger partial charge on any atom is -0.461 e. The fraction of sp³-hybridized carbons (Fsp3) is 0.167. The van der Waals surface area contributed by atoms with Crippen molar-refractivity contribution in [2.45, 2.75) is 31.7 Å². The van der Waals surface area contributed by atoms with E-state index in [-0.39, 0.29) is 11.8 Å². The highest BCUT2D eigenvalue weighted by Gasteiger charge is 2.25. The average Bonchev–Trinajstić information content (AvgIpc) is 3.46. The molecule has 1 aromatic heterocycles. The lowest BCUT2D eigenvalue weighted by Crippen LogP contribution is -2.35. The monoisotopic (exact) mass is 540 g/mol. The highest BCUT2D eigenvalue weighted by Crippen LogP contribution is 2.31. The van der Waals surface area contributed by atoms with E-state index in [2.05, 4.69) is 17.4 Å². The number of fused-ring (bicyclic) bond motifs is 1. The van der Waals surface area contributed by atoms with Gasteiger partial charge in [0.25, 0.3) is 0 Å². The maximum absolute atomic E-state index is 13.5. The number of anilines is 1. The number of carbonyl (C=O) groups is 2. The average molecular weight is 541 g/mol. The second-order valence-corrected chi connectivity index (χ2v) is 10.4. The number of carbonyl (C=O) groups excluding carboxylic acids is 2. The molecule has 5 nitrogen and oxygen atoms in total. The predicted molar refractivity (Wildman–Crippen MR) is 161 cm³/mol. The Kier molecular flexibility index (Phi) is 7.76. The van der Waals surface area contributed by atoms with E-state index < -0.39 is 5.92 Å². The SMILES string of the molecule is O=C(Nc1ccc(-c2cc3c(o2)CCN(C(=O)CCc2ccccc2)C3)cc1)C(c1ccccc1)c1ccccc1. The van der Waals surface area contributed by atoms with Crippen molar-refractivity contribution in [3.8, 4) is 11.3 Å². The molecule has 4 aromatic carbocycles. The van der Waals surface area contributed by atoms with Crippen molar-refractivity contribution in [2.24, 2.45) is 0 Å². The number of benzene rings is 4. The van der Waals surface area contributed by atoms with Crippen LogP contribution in [0, 0.1) is 0 Å². The minimum absolute atomic E-state index is 0.0827. The second-order valence-electron chi connectivity index (χ2n) is 10.4. The summed E-state index contributed by atoms with van der Waals surface area (Å²) in [4.78, 5) is 28.3. The van der Waals surface area contributed by atoms with Gasteiger partial charge in [-0.3, -0.25) is 9.59 Å². The van der Waals surface area contributed by atoms with Crippen LogP contribution in [0.25, 0.3) is 11.3 Å². The fourth-order valence-electron chi connectivity index (χ4n) is 5.46. The highest BCUT2D eigenvalue weighted by molar-refractivity contribution is 5.98. The van der Waals surface area contributed by atoms with Gasteiger partial charge in [-0.15, -0.1) is 0 Å². The summed E-state index contributed by atoms with van der Waals surface area (Å²) >= 11 is 0. The van der Waals surface area contributed by atoms with Gasteiger partial charge in [0.05, 0.1) is 5.92 Å². The first-order chi connectivity index (χ1) is 20.1. The van der Waals surface area contributed by atoms with E-state index in [1.54, 1.807) is 0 Å². The lowest BCUT2D eigenvalue weighted by molar-refractivity contribution is -0.132. The number of nitrogens with zero attached hydrogens (tertiary/aromatic N) is 1. The number of nitrogens with one attached hydrogen (secondary N) is 1. The second kappa shape index (κ2) is 12.1. The fourth-order valence-corrected chi connectivity index (χ4v) is 5.46. The molecule has 0 atom stereocenters. The molecule has 0 fully saturated rings. The third-order valence-electron chi connectivity index (χ3n) is 7.65. The molecule has 6 rings (SSSR count). The molecule has 0 saturated heterocycles.